The molecule has 1 heterocycles. The zero-order valence-electron chi connectivity index (χ0n) is 9.64. The first kappa shape index (κ1) is 11.7. The van der Waals surface area contributed by atoms with Crippen molar-refractivity contribution in [3.63, 3.8) is 0 Å². The molecular formula is C12H15N3OS. The molecule has 0 aliphatic carbocycles. The van der Waals surface area contributed by atoms with Gasteiger partial charge in [-0.25, -0.2) is 4.98 Å². The van der Waals surface area contributed by atoms with Crippen LogP contribution in [-0.2, 0) is 6.54 Å². The van der Waals surface area contributed by atoms with Gasteiger partial charge in [-0.15, -0.1) is 11.3 Å². The highest BCUT2D eigenvalue weighted by molar-refractivity contribution is 7.09. The summed E-state index contributed by atoms with van der Waals surface area (Å²) in [4.78, 5) is 4.20. The van der Waals surface area contributed by atoms with E-state index in [0.29, 0.717) is 18.8 Å². The molecule has 0 fully saturated rings. The van der Waals surface area contributed by atoms with Crippen molar-refractivity contribution in [2.24, 2.45) is 0 Å². The van der Waals surface area contributed by atoms with Crippen LogP contribution >= 0.6 is 11.3 Å². The van der Waals surface area contributed by atoms with E-state index in [2.05, 4.69) is 10.3 Å². The van der Waals surface area contributed by atoms with Gasteiger partial charge in [-0.2, -0.15) is 0 Å². The summed E-state index contributed by atoms with van der Waals surface area (Å²) in [5, 5.41) is 6.25. The summed E-state index contributed by atoms with van der Waals surface area (Å²) in [6.45, 7) is 3.23. The lowest BCUT2D eigenvalue weighted by Gasteiger charge is -2.12. The fraction of sp³-hybridized carbons (Fsp3) is 0.250. The molecule has 17 heavy (non-hydrogen) atoms. The third-order valence-electron chi connectivity index (χ3n) is 2.28. The smallest absolute Gasteiger partial charge is 0.144 e. The molecule has 0 bridgehead atoms. The first-order valence-corrected chi connectivity index (χ1v) is 6.32. The van der Waals surface area contributed by atoms with E-state index in [1.54, 1.807) is 17.5 Å². The Labute approximate surface area is 104 Å². The van der Waals surface area contributed by atoms with Crippen molar-refractivity contribution in [3.05, 3.63) is 34.8 Å². The molecule has 0 radical (unpaired) electrons. The van der Waals surface area contributed by atoms with Gasteiger partial charge in [0, 0.05) is 11.6 Å². The van der Waals surface area contributed by atoms with E-state index in [4.69, 9.17) is 10.5 Å². The van der Waals surface area contributed by atoms with Crippen LogP contribution in [0, 0.1) is 0 Å². The molecule has 0 aliphatic rings. The predicted molar refractivity (Wildman–Crippen MR) is 71.5 cm³/mol. The number of anilines is 2. The van der Waals surface area contributed by atoms with Crippen molar-refractivity contribution in [3.8, 4) is 5.75 Å². The van der Waals surface area contributed by atoms with E-state index >= 15 is 0 Å². The molecule has 0 saturated carbocycles. The molecular weight excluding hydrogens is 234 g/mol. The molecule has 0 amide bonds. The van der Waals surface area contributed by atoms with Crippen LogP contribution < -0.4 is 15.8 Å². The second kappa shape index (κ2) is 5.54. The molecule has 3 N–H and O–H groups in total. The molecule has 2 rings (SSSR count). The monoisotopic (exact) mass is 249 g/mol. The molecule has 5 heteroatoms. The van der Waals surface area contributed by atoms with Gasteiger partial charge in [0.25, 0.3) is 0 Å². The van der Waals surface area contributed by atoms with Crippen LogP contribution in [0.25, 0.3) is 0 Å². The Balaban J connectivity index is 2.07. The van der Waals surface area contributed by atoms with Crippen LogP contribution in [0.4, 0.5) is 11.4 Å². The lowest BCUT2D eigenvalue weighted by Crippen LogP contribution is -2.04. The Morgan fingerprint density at radius 2 is 2.35 bits per heavy atom. The fourth-order valence-corrected chi connectivity index (χ4v) is 2.05. The first-order chi connectivity index (χ1) is 8.31. The molecule has 90 valence electrons. The summed E-state index contributed by atoms with van der Waals surface area (Å²) in [7, 11) is 0. The lowest BCUT2D eigenvalue weighted by molar-refractivity contribution is 0.342. The van der Waals surface area contributed by atoms with Crippen molar-refractivity contribution >= 4 is 22.7 Å². The van der Waals surface area contributed by atoms with Gasteiger partial charge in [-0.3, -0.25) is 0 Å². The van der Waals surface area contributed by atoms with Crippen molar-refractivity contribution in [2.75, 3.05) is 17.7 Å². The Kier molecular flexibility index (Phi) is 3.82. The van der Waals surface area contributed by atoms with E-state index in [-0.39, 0.29) is 0 Å². The fourth-order valence-electron chi connectivity index (χ4n) is 1.49. The van der Waals surface area contributed by atoms with E-state index in [9.17, 15) is 0 Å². The Morgan fingerprint density at radius 3 is 3.06 bits per heavy atom. The summed E-state index contributed by atoms with van der Waals surface area (Å²) in [6, 6.07) is 5.73. The van der Waals surface area contributed by atoms with Crippen LogP contribution in [0.3, 0.4) is 0 Å². The third-order valence-corrected chi connectivity index (χ3v) is 3.06. The van der Waals surface area contributed by atoms with Crippen molar-refractivity contribution in [1.29, 1.82) is 0 Å². The van der Waals surface area contributed by atoms with Gasteiger partial charge in [0.1, 0.15) is 10.8 Å². The second-order valence-corrected chi connectivity index (χ2v) is 4.41. The van der Waals surface area contributed by atoms with E-state index in [1.807, 2.05) is 30.5 Å². The normalized spacial score (nSPS) is 10.2. The summed E-state index contributed by atoms with van der Waals surface area (Å²) in [5.41, 5.74) is 7.53. The summed E-state index contributed by atoms with van der Waals surface area (Å²) in [5.74, 6) is 0.719. The Bertz CT molecular complexity index is 471. The number of hydrogen-bond acceptors (Lipinski definition) is 5. The van der Waals surface area contributed by atoms with Crippen LogP contribution in [0.1, 0.15) is 11.9 Å². The Morgan fingerprint density at radius 1 is 1.47 bits per heavy atom. The van der Waals surface area contributed by atoms with Crippen LogP contribution in [0.2, 0.25) is 0 Å². The second-order valence-electron chi connectivity index (χ2n) is 3.43. The SMILES string of the molecule is CCOc1cccc(NCc2nccs2)c1N. The molecule has 0 saturated heterocycles. The maximum atomic E-state index is 6.00. The number of rotatable bonds is 5. The number of benzene rings is 1. The van der Waals surface area contributed by atoms with Crippen LogP contribution in [0.5, 0.6) is 5.75 Å². The average molecular weight is 249 g/mol. The van der Waals surface area contributed by atoms with Crippen molar-refractivity contribution in [1.82, 2.24) is 4.98 Å². The number of nitrogens with two attached hydrogens (primary N) is 1. The molecule has 2 aromatic rings. The number of nitrogen functional groups attached to an aromatic ring is 1. The largest absolute Gasteiger partial charge is 0.492 e. The third kappa shape index (κ3) is 2.88. The summed E-state index contributed by atoms with van der Waals surface area (Å²) in [6.07, 6.45) is 1.79. The minimum atomic E-state index is 0.611. The van der Waals surface area contributed by atoms with Gasteiger partial charge in [-0.05, 0) is 19.1 Å². The summed E-state index contributed by atoms with van der Waals surface area (Å²) < 4.78 is 5.44. The molecule has 1 aromatic heterocycles. The van der Waals surface area contributed by atoms with Crippen LogP contribution in [0.15, 0.2) is 29.8 Å². The molecule has 1 aromatic carbocycles. The molecule has 4 nitrogen and oxygen atoms in total. The van der Waals surface area contributed by atoms with Gasteiger partial charge < -0.3 is 15.8 Å². The maximum absolute atomic E-state index is 6.00. The summed E-state index contributed by atoms with van der Waals surface area (Å²) >= 11 is 1.62. The van der Waals surface area contributed by atoms with E-state index in [1.165, 1.54) is 0 Å². The van der Waals surface area contributed by atoms with Gasteiger partial charge in [0.05, 0.1) is 24.5 Å². The topological polar surface area (TPSA) is 60.2 Å². The average Bonchev–Trinajstić information content (AvgIpc) is 2.83. The number of ether oxygens (including phenoxy) is 1. The highest BCUT2D eigenvalue weighted by atomic mass is 32.1. The zero-order chi connectivity index (χ0) is 12.1. The van der Waals surface area contributed by atoms with Gasteiger partial charge in [-0.1, -0.05) is 6.07 Å². The number of nitrogens with zero attached hydrogens (tertiary/aromatic N) is 1. The quantitative estimate of drug-likeness (QED) is 0.800. The van der Waals surface area contributed by atoms with Gasteiger partial charge in [0.15, 0.2) is 0 Å². The number of hydrogen-bond donors (Lipinski definition) is 2. The van der Waals surface area contributed by atoms with Crippen LogP contribution in [-0.4, -0.2) is 11.6 Å². The Hall–Kier alpha value is -1.75. The molecule has 0 aliphatic heterocycles. The van der Waals surface area contributed by atoms with E-state index < -0.39 is 0 Å². The minimum Gasteiger partial charge on any atom is -0.492 e. The first-order valence-electron chi connectivity index (χ1n) is 5.44. The number of para-hydroxylation sites is 1. The minimum absolute atomic E-state index is 0.611. The molecule has 0 atom stereocenters. The molecule has 0 unspecified atom stereocenters. The molecule has 0 spiro atoms. The number of nitrogens with one attached hydrogen (secondary N) is 1. The zero-order valence-corrected chi connectivity index (χ0v) is 10.5. The standard InChI is InChI=1S/C12H15N3OS/c1-2-16-10-5-3-4-9(12(10)13)15-8-11-14-6-7-17-11/h3-7,15H,2,8,13H2,1H3. The predicted octanol–water partition coefficient (Wildman–Crippen LogP) is 2.74. The van der Waals surface area contributed by atoms with E-state index in [0.717, 1.165) is 16.4 Å². The number of aromatic nitrogens is 1. The maximum Gasteiger partial charge on any atom is 0.144 e. The lowest BCUT2D eigenvalue weighted by atomic mass is 10.2. The van der Waals surface area contributed by atoms with Crippen molar-refractivity contribution in [2.45, 2.75) is 13.5 Å². The van der Waals surface area contributed by atoms with Gasteiger partial charge in [0.2, 0.25) is 0 Å². The highest BCUT2D eigenvalue weighted by Gasteiger charge is 2.05. The van der Waals surface area contributed by atoms with Crippen molar-refractivity contribution < 1.29 is 4.74 Å². The number of thiazole rings is 1. The highest BCUT2D eigenvalue weighted by Crippen LogP contribution is 2.29. The van der Waals surface area contributed by atoms with Gasteiger partial charge >= 0.3 is 0 Å².